The Morgan fingerprint density at radius 1 is 1.18 bits per heavy atom. The number of fused-ring (bicyclic) bond motifs is 1. The average Bonchev–Trinajstić information content (AvgIpc) is 2.29. The number of hydrogen-bond donors (Lipinski definition) is 0. The van der Waals surface area contributed by atoms with Crippen LogP contribution < -0.4 is 0 Å². The summed E-state index contributed by atoms with van der Waals surface area (Å²) in [7, 11) is 0. The number of nitrogens with zero attached hydrogens (tertiary/aromatic N) is 2. The summed E-state index contributed by atoms with van der Waals surface area (Å²) in [5, 5.41) is 2.47. The van der Waals surface area contributed by atoms with Crippen molar-refractivity contribution >= 4 is 59.2 Å². The molecule has 0 aliphatic heterocycles. The molecule has 0 N–H and O–H groups in total. The van der Waals surface area contributed by atoms with Crippen LogP contribution in [0.5, 0.6) is 0 Å². The Morgan fingerprint density at radius 2 is 1.82 bits per heavy atom. The topological polar surface area (TPSA) is 16.1 Å². The summed E-state index contributed by atoms with van der Waals surface area (Å²) in [5.41, 5.74) is 1.10. The predicted octanol–water partition coefficient (Wildman–Crippen LogP) is 5.18. The van der Waals surface area contributed by atoms with Gasteiger partial charge in [-0.05, 0) is 11.5 Å². The third-order valence-electron chi connectivity index (χ3n) is 2.09. The van der Waals surface area contributed by atoms with Crippen molar-refractivity contribution in [2.75, 3.05) is 0 Å². The van der Waals surface area contributed by atoms with E-state index in [4.69, 9.17) is 0 Å². The molecular weight excluding hydrogens is 412 g/mol. The largest absolute Gasteiger partial charge is 0.260 e. The Labute approximate surface area is 127 Å². The van der Waals surface area contributed by atoms with Crippen molar-refractivity contribution in [1.82, 2.24) is 6.96 Å². The van der Waals surface area contributed by atoms with E-state index in [2.05, 4.69) is 72.1 Å². The Hall–Kier alpha value is -0.230. The van der Waals surface area contributed by atoms with Gasteiger partial charge < -0.3 is 0 Å². The molecule has 17 heavy (non-hydrogen) atoms. The van der Waals surface area contributed by atoms with Gasteiger partial charge in [-0.3, -0.25) is 4.98 Å². The van der Waals surface area contributed by atoms with Gasteiger partial charge in [0, 0.05) is 66.4 Å². The van der Waals surface area contributed by atoms with Crippen molar-refractivity contribution in [3.8, 4) is 0 Å². The minimum atomic E-state index is 0.835. The fourth-order valence-electron chi connectivity index (χ4n) is 1.48. The molecule has 1 aromatic heterocycles. The standard InChI is InChI=1S/C12H11N.Br3N/c1-2-5-12-11-7-4-3-6-10(11)8-9-13-12;1-4(2)3/h2-4,6-9H,1,5H2;. The average molecular weight is 423 g/mol. The second-order valence-electron chi connectivity index (χ2n) is 3.16. The van der Waals surface area contributed by atoms with E-state index in [1.54, 1.807) is 0 Å². The van der Waals surface area contributed by atoms with Gasteiger partial charge in [-0.1, -0.05) is 30.3 Å². The molecule has 0 aliphatic rings. The summed E-state index contributed by atoms with van der Waals surface area (Å²) in [6, 6.07) is 10.3. The molecule has 0 fully saturated rings. The van der Waals surface area contributed by atoms with E-state index in [1.807, 2.05) is 30.5 Å². The maximum absolute atomic E-state index is 4.33. The van der Waals surface area contributed by atoms with Crippen molar-refractivity contribution in [1.29, 1.82) is 0 Å². The molecule has 0 atom stereocenters. The minimum absolute atomic E-state index is 0.835. The van der Waals surface area contributed by atoms with Gasteiger partial charge in [0.25, 0.3) is 0 Å². The smallest absolute Gasteiger partial charge is 0.0519 e. The van der Waals surface area contributed by atoms with Gasteiger partial charge in [-0.15, -0.1) is 8.56 Å². The first-order valence-electron chi connectivity index (χ1n) is 4.86. The fourth-order valence-corrected chi connectivity index (χ4v) is 1.48. The number of allylic oxidation sites excluding steroid dienone is 1. The Balaban J connectivity index is 0.000000317. The lowest BCUT2D eigenvalue weighted by Gasteiger charge is -2.01. The van der Waals surface area contributed by atoms with Crippen LogP contribution in [0.3, 0.4) is 0 Å². The zero-order valence-electron chi connectivity index (χ0n) is 8.98. The highest BCUT2D eigenvalue weighted by Gasteiger charge is 1.98. The lowest BCUT2D eigenvalue weighted by molar-refractivity contribution is 1.14. The lowest BCUT2D eigenvalue weighted by Crippen LogP contribution is -1.88. The molecule has 1 heterocycles. The maximum atomic E-state index is 4.33. The van der Waals surface area contributed by atoms with Gasteiger partial charge in [-0.2, -0.15) is 0 Å². The molecular formula is C12H11Br3N2. The summed E-state index contributed by atoms with van der Waals surface area (Å²) in [6.45, 7) is 3.72. The first-order valence-corrected chi connectivity index (χ1v) is 6.99. The molecule has 0 unspecified atom stereocenters. The van der Waals surface area contributed by atoms with E-state index < -0.39 is 0 Å². The number of hydrogen-bond acceptors (Lipinski definition) is 2. The van der Waals surface area contributed by atoms with Crippen molar-refractivity contribution in [2.24, 2.45) is 0 Å². The zero-order chi connectivity index (χ0) is 12.7. The molecule has 0 bridgehead atoms. The molecule has 0 saturated carbocycles. The van der Waals surface area contributed by atoms with Crippen LogP contribution in [-0.4, -0.2) is 6.96 Å². The highest BCUT2D eigenvalue weighted by atomic mass is 80.0. The van der Waals surface area contributed by atoms with Crippen molar-refractivity contribution in [3.05, 3.63) is 54.9 Å². The van der Waals surface area contributed by atoms with Crippen LogP contribution in [0.4, 0.5) is 0 Å². The van der Waals surface area contributed by atoms with E-state index in [0.717, 1.165) is 12.1 Å². The van der Waals surface area contributed by atoms with Crippen LogP contribution in [0.25, 0.3) is 10.8 Å². The van der Waals surface area contributed by atoms with Gasteiger partial charge in [0.1, 0.15) is 0 Å². The summed E-state index contributed by atoms with van der Waals surface area (Å²) in [5.74, 6) is 0. The first-order chi connectivity index (χ1) is 8.15. The zero-order valence-corrected chi connectivity index (χ0v) is 13.7. The summed E-state index contributed by atoms with van der Waals surface area (Å²) in [4.78, 5) is 4.33. The highest BCUT2D eigenvalue weighted by Crippen LogP contribution is 2.16. The molecule has 2 aromatic rings. The molecule has 2 rings (SSSR count). The van der Waals surface area contributed by atoms with Crippen LogP contribution in [0.1, 0.15) is 5.69 Å². The molecule has 0 amide bonds. The number of halogens is 3. The minimum Gasteiger partial charge on any atom is -0.260 e. The quantitative estimate of drug-likeness (QED) is 0.489. The molecule has 0 radical (unpaired) electrons. The molecule has 0 saturated heterocycles. The molecule has 0 aliphatic carbocycles. The number of aromatic nitrogens is 1. The van der Waals surface area contributed by atoms with E-state index in [0.29, 0.717) is 0 Å². The van der Waals surface area contributed by atoms with E-state index in [-0.39, 0.29) is 0 Å². The normalized spacial score (nSPS) is 9.88. The summed E-state index contributed by atoms with van der Waals surface area (Å²) < 4.78 is 1.44. The SMILES string of the molecule is BrN(Br)Br.C=CCc1nccc2ccccc12. The second-order valence-corrected chi connectivity index (χ2v) is 8.15. The van der Waals surface area contributed by atoms with E-state index >= 15 is 0 Å². The van der Waals surface area contributed by atoms with Gasteiger partial charge in [0.05, 0.1) is 5.69 Å². The number of rotatable bonds is 2. The van der Waals surface area contributed by atoms with Gasteiger partial charge in [-0.25, -0.2) is 0 Å². The van der Waals surface area contributed by atoms with E-state index in [9.17, 15) is 0 Å². The summed E-state index contributed by atoms with van der Waals surface area (Å²) in [6.07, 6.45) is 4.57. The van der Waals surface area contributed by atoms with Crippen LogP contribution in [0, 0.1) is 0 Å². The summed E-state index contributed by atoms with van der Waals surface area (Å²) >= 11 is 8.81. The van der Waals surface area contributed by atoms with Crippen LogP contribution in [0.2, 0.25) is 0 Å². The second kappa shape index (κ2) is 7.97. The maximum Gasteiger partial charge on any atom is 0.0519 e. The van der Waals surface area contributed by atoms with E-state index in [1.165, 1.54) is 12.8 Å². The van der Waals surface area contributed by atoms with Crippen LogP contribution >= 0.6 is 48.4 Å². The highest BCUT2D eigenvalue weighted by molar-refractivity contribution is 9.33. The molecule has 90 valence electrons. The molecule has 1 aromatic carbocycles. The molecule has 0 spiro atoms. The first kappa shape index (κ1) is 14.8. The number of benzene rings is 1. The third kappa shape index (κ3) is 5.29. The van der Waals surface area contributed by atoms with Crippen molar-refractivity contribution < 1.29 is 0 Å². The van der Waals surface area contributed by atoms with Crippen molar-refractivity contribution in [2.45, 2.75) is 6.42 Å². The van der Waals surface area contributed by atoms with Gasteiger partial charge in [0.2, 0.25) is 0 Å². The van der Waals surface area contributed by atoms with Crippen molar-refractivity contribution in [3.63, 3.8) is 0 Å². The molecule has 2 nitrogen and oxygen atoms in total. The van der Waals surface area contributed by atoms with Gasteiger partial charge >= 0.3 is 0 Å². The fraction of sp³-hybridized carbons (Fsp3) is 0.0833. The Bertz CT molecular complexity index is 478. The van der Waals surface area contributed by atoms with Crippen LogP contribution in [-0.2, 0) is 6.42 Å². The third-order valence-corrected chi connectivity index (χ3v) is 2.09. The molecule has 5 heteroatoms. The van der Waals surface area contributed by atoms with Gasteiger partial charge in [0.15, 0.2) is 0 Å². The van der Waals surface area contributed by atoms with Crippen LogP contribution in [0.15, 0.2) is 49.2 Å². The Kier molecular flexibility index (Phi) is 6.96. The monoisotopic (exact) mass is 420 g/mol. The lowest BCUT2D eigenvalue weighted by atomic mass is 10.1. The number of pyridine rings is 1. The predicted molar refractivity (Wildman–Crippen MR) is 84.3 cm³/mol. The Morgan fingerprint density at radius 3 is 2.47 bits per heavy atom.